The summed E-state index contributed by atoms with van der Waals surface area (Å²) >= 11 is 0. The van der Waals surface area contributed by atoms with Crippen molar-refractivity contribution in [2.75, 3.05) is 46.0 Å². The van der Waals surface area contributed by atoms with Crippen LogP contribution >= 0.6 is 0 Å². The molecule has 0 saturated carbocycles. The number of benzene rings is 2. The molecule has 158 valence electrons. The fourth-order valence-corrected chi connectivity index (χ4v) is 3.72. The van der Waals surface area contributed by atoms with E-state index in [0.29, 0.717) is 58.1 Å². The molecule has 7 heteroatoms. The minimum Gasteiger partial charge on any atom is -0.491 e. The van der Waals surface area contributed by atoms with Crippen molar-refractivity contribution in [1.82, 2.24) is 15.1 Å². The van der Waals surface area contributed by atoms with Crippen molar-refractivity contribution in [3.8, 4) is 5.75 Å². The summed E-state index contributed by atoms with van der Waals surface area (Å²) < 4.78 is 11.1. The van der Waals surface area contributed by atoms with Crippen molar-refractivity contribution in [3.05, 3.63) is 65.2 Å². The molecule has 2 aromatic carbocycles. The van der Waals surface area contributed by atoms with Gasteiger partial charge in [-0.05, 0) is 30.2 Å². The van der Waals surface area contributed by atoms with Gasteiger partial charge < -0.3 is 24.6 Å². The molecule has 1 N–H and O–H groups in total. The van der Waals surface area contributed by atoms with Crippen molar-refractivity contribution in [3.63, 3.8) is 0 Å². The fraction of sp³-hybridized carbons (Fsp3) is 0.391. The molecule has 2 aliphatic heterocycles. The van der Waals surface area contributed by atoms with Crippen LogP contribution in [0.3, 0.4) is 0 Å². The largest absolute Gasteiger partial charge is 0.491 e. The van der Waals surface area contributed by atoms with Gasteiger partial charge in [0, 0.05) is 30.8 Å². The third kappa shape index (κ3) is 4.91. The molecular formula is C23H27N3O4. The van der Waals surface area contributed by atoms with Crippen molar-refractivity contribution in [1.29, 1.82) is 0 Å². The maximum atomic E-state index is 12.8. The van der Waals surface area contributed by atoms with E-state index in [1.165, 1.54) is 5.56 Å². The minimum absolute atomic E-state index is 0.00999. The molecule has 0 bridgehead atoms. The Bertz CT molecular complexity index is 881. The van der Waals surface area contributed by atoms with Gasteiger partial charge in [0.1, 0.15) is 12.4 Å². The summed E-state index contributed by atoms with van der Waals surface area (Å²) in [5.41, 5.74) is 2.66. The number of hydrogen-bond donors (Lipinski definition) is 1. The van der Waals surface area contributed by atoms with Crippen LogP contribution in [0.1, 0.15) is 21.5 Å². The van der Waals surface area contributed by atoms with Crippen LogP contribution in [-0.4, -0.2) is 67.7 Å². The Morgan fingerprint density at radius 2 is 1.70 bits per heavy atom. The molecule has 1 fully saturated rings. The number of carbonyl (C=O) groups is 2. The Balaban J connectivity index is 1.39. The summed E-state index contributed by atoms with van der Waals surface area (Å²) in [5, 5.41) is 2.99. The molecule has 2 heterocycles. The first-order valence-electron chi connectivity index (χ1n) is 10.4. The number of carbonyl (C=O) groups excluding carboxylic acids is 2. The van der Waals surface area contributed by atoms with E-state index in [4.69, 9.17) is 9.47 Å². The number of nitrogens with one attached hydrogen (secondary N) is 1. The normalized spacial score (nSPS) is 16.3. The summed E-state index contributed by atoms with van der Waals surface area (Å²) in [6.07, 6.45) is 0.783. The zero-order valence-corrected chi connectivity index (χ0v) is 17.0. The van der Waals surface area contributed by atoms with Gasteiger partial charge in [0.15, 0.2) is 0 Å². The van der Waals surface area contributed by atoms with E-state index in [-0.39, 0.29) is 11.9 Å². The summed E-state index contributed by atoms with van der Waals surface area (Å²) in [6.45, 7) is 4.24. The molecule has 0 aromatic heterocycles. The van der Waals surface area contributed by atoms with Crippen LogP contribution < -0.4 is 10.1 Å². The molecule has 0 spiro atoms. The van der Waals surface area contributed by atoms with Gasteiger partial charge in [-0.3, -0.25) is 4.79 Å². The van der Waals surface area contributed by atoms with Crippen LogP contribution in [0.5, 0.6) is 5.75 Å². The third-order valence-corrected chi connectivity index (χ3v) is 5.41. The molecule has 3 amide bonds. The Morgan fingerprint density at radius 1 is 0.933 bits per heavy atom. The highest BCUT2D eigenvalue weighted by Crippen LogP contribution is 2.25. The van der Waals surface area contributed by atoms with Crippen LogP contribution in [0.15, 0.2) is 48.5 Å². The van der Waals surface area contributed by atoms with E-state index < -0.39 is 0 Å². The Morgan fingerprint density at radius 3 is 2.50 bits per heavy atom. The molecule has 0 unspecified atom stereocenters. The lowest BCUT2D eigenvalue weighted by Gasteiger charge is -2.27. The first-order chi connectivity index (χ1) is 14.7. The lowest BCUT2D eigenvalue weighted by Crippen LogP contribution is -2.41. The molecule has 30 heavy (non-hydrogen) atoms. The van der Waals surface area contributed by atoms with Crippen molar-refractivity contribution in [2.45, 2.75) is 13.0 Å². The Hall–Kier alpha value is -3.06. The summed E-state index contributed by atoms with van der Waals surface area (Å²) in [4.78, 5) is 29.0. The van der Waals surface area contributed by atoms with Crippen LogP contribution in [0, 0.1) is 0 Å². The highest BCUT2D eigenvalue weighted by Gasteiger charge is 2.23. The number of ether oxygens (including phenoxy) is 2. The second-order valence-corrected chi connectivity index (χ2v) is 7.46. The molecule has 7 nitrogen and oxygen atoms in total. The molecule has 4 rings (SSSR count). The number of hydrogen-bond acceptors (Lipinski definition) is 4. The first kappa shape index (κ1) is 20.2. The molecular weight excluding hydrogens is 382 g/mol. The number of nitrogens with zero attached hydrogens (tertiary/aromatic N) is 2. The first-order valence-corrected chi connectivity index (χ1v) is 10.4. The summed E-state index contributed by atoms with van der Waals surface area (Å²) in [7, 11) is 0. The molecule has 0 aliphatic carbocycles. The fourth-order valence-electron chi connectivity index (χ4n) is 3.72. The Labute approximate surface area is 176 Å². The highest BCUT2D eigenvalue weighted by molar-refractivity contribution is 5.94. The smallest absolute Gasteiger partial charge is 0.317 e. The lowest BCUT2D eigenvalue weighted by atomic mass is 10.1. The number of amides is 3. The van der Waals surface area contributed by atoms with Crippen LogP contribution in [0.25, 0.3) is 0 Å². The van der Waals surface area contributed by atoms with E-state index in [0.717, 1.165) is 17.7 Å². The topological polar surface area (TPSA) is 71.1 Å². The predicted octanol–water partition coefficient (Wildman–Crippen LogP) is 2.31. The van der Waals surface area contributed by atoms with Gasteiger partial charge in [0.25, 0.3) is 5.91 Å². The predicted molar refractivity (Wildman–Crippen MR) is 113 cm³/mol. The number of rotatable bonds is 4. The van der Waals surface area contributed by atoms with E-state index in [1.54, 1.807) is 15.9 Å². The maximum absolute atomic E-state index is 12.8. The Kier molecular flexibility index (Phi) is 6.49. The number of morpholine rings is 1. The van der Waals surface area contributed by atoms with Gasteiger partial charge in [0.2, 0.25) is 0 Å². The summed E-state index contributed by atoms with van der Waals surface area (Å²) in [6, 6.07) is 15.4. The SMILES string of the molecule is O=C(NCCc1ccccc1)N1CCOc2ccc(C(=O)N3CCOCC3)cc2C1. The molecule has 0 atom stereocenters. The van der Waals surface area contributed by atoms with Gasteiger partial charge >= 0.3 is 6.03 Å². The van der Waals surface area contributed by atoms with Crippen molar-refractivity contribution in [2.24, 2.45) is 0 Å². The number of fused-ring (bicyclic) bond motifs is 1. The molecule has 2 aromatic rings. The van der Waals surface area contributed by atoms with Crippen LogP contribution in [-0.2, 0) is 17.7 Å². The lowest BCUT2D eigenvalue weighted by molar-refractivity contribution is 0.0303. The highest BCUT2D eigenvalue weighted by atomic mass is 16.5. The zero-order valence-electron chi connectivity index (χ0n) is 17.0. The van der Waals surface area contributed by atoms with Crippen LogP contribution in [0.2, 0.25) is 0 Å². The van der Waals surface area contributed by atoms with Crippen molar-refractivity contribution >= 4 is 11.9 Å². The van der Waals surface area contributed by atoms with Crippen LogP contribution in [0.4, 0.5) is 4.79 Å². The maximum Gasteiger partial charge on any atom is 0.317 e. The third-order valence-electron chi connectivity index (χ3n) is 5.41. The van der Waals surface area contributed by atoms with E-state index in [1.807, 2.05) is 30.3 Å². The monoisotopic (exact) mass is 409 g/mol. The molecule has 2 aliphatic rings. The van der Waals surface area contributed by atoms with E-state index in [2.05, 4.69) is 17.4 Å². The van der Waals surface area contributed by atoms with Gasteiger partial charge in [-0.1, -0.05) is 30.3 Å². The summed E-state index contributed by atoms with van der Waals surface area (Å²) in [5.74, 6) is 0.720. The standard InChI is InChI=1S/C23H27N3O4/c27-22(25-10-13-29-14-11-25)19-6-7-21-20(16-19)17-26(12-15-30-21)23(28)24-9-8-18-4-2-1-3-5-18/h1-7,16H,8-15,17H2,(H,24,28). The van der Waals surface area contributed by atoms with Gasteiger partial charge in [0.05, 0.1) is 26.3 Å². The zero-order chi connectivity index (χ0) is 20.8. The average Bonchev–Trinajstić information content (AvgIpc) is 3.02. The molecule has 0 radical (unpaired) electrons. The minimum atomic E-state index is -0.118. The van der Waals surface area contributed by atoms with E-state index >= 15 is 0 Å². The van der Waals surface area contributed by atoms with Gasteiger partial charge in [-0.15, -0.1) is 0 Å². The second kappa shape index (κ2) is 9.63. The van der Waals surface area contributed by atoms with Crippen molar-refractivity contribution < 1.29 is 19.1 Å². The van der Waals surface area contributed by atoms with E-state index in [9.17, 15) is 9.59 Å². The second-order valence-electron chi connectivity index (χ2n) is 7.46. The quantitative estimate of drug-likeness (QED) is 0.841. The van der Waals surface area contributed by atoms with Gasteiger partial charge in [-0.2, -0.15) is 0 Å². The number of urea groups is 1. The molecule has 1 saturated heterocycles. The van der Waals surface area contributed by atoms with Gasteiger partial charge in [-0.25, -0.2) is 4.79 Å². The average molecular weight is 409 g/mol.